The molecule has 5 nitrogen and oxygen atoms in total. The predicted molar refractivity (Wildman–Crippen MR) is 76.8 cm³/mol. The maximum Gasteiger partial charge on any atom is 0.221 e. The molecule has 0 saturated heterocycles. The molecule has 112 valence electrons. The molecular formula is C13H26N2O3S. The van der Waals surface area contributed by atoms with Crippen molar-refractivity contribution in [2.24, 2.45) is 0 Å². The summed E-state index contributed by atoms with van der Waals surface area (Å²) in [5.74, 6) is 0.0600. The van der Waals surface area contributed by atoms with Crippen LogP contribution in [0.2, 0.25) is 0 Å². The van der Waals surface area contributed by atoms with Crippen molar-refractivity contribution in [3.05, 3.63) is 0 Å². The topological polar surface area (TPSA) is 75.3 Å². The number of carbonyl (C=O) groups excluding carboxylic acids is 1. The molecule has 2 N–H and O–H groups in total. The molecule has 0 radical (unpaired) electrons. The number of hydrogen-bond donors (Lipinski definition) is 2. The van der Waals surface area contributed by atoms with Gasteiger partial charge in [-0.05, 0) is 25.7 Å². The molecule has 6 heteroatoms. The summed E-state index contributed by atoms with van der Waals surface area (Å²) >= 11 is 0. The predicted octanol–water partition coefficient (Wildman–Crippen LogP) is 0.848. The highest BCUT2D eigenvalue weighted by molar-refractivity contribution is 7.91. The smallest absolute Gasteiger partial charge is 0.221 e. The molecule has 0 aromatic rings. The van der Waals surface area contributed by atoms with Crippen molar-refractivity contribution in [1.29, 1.82) is 0 Å². The summed E-state index contributed by atoms with van der Waals surface area (Å²) in [4.78, 5) is 11.4. The molecule has 0 aliphatic heterocycles. The van der Waals surface area contributed by atoms with E-state index in [1.165, 1.54) is 6.26 Å². The summed E-state index contributed by atoms with van der Waals surface area (Å²) in [6, 6.07) is 0.229. The van der Waals surface area contributed by atoms with Gasteiger partial charge in [-0.2, -0.15) is 0 Å². The van der Waals surface area contributed by atoms with E-state index in [2.05, 4.69) is 10.6 Å². The Morgan fingerprint density at radius 3 is 2.63 bits per heavy atom. The van der Waals surface area contributed by atoms with Crippen LogP contribution in [0.25, 0.3) is 0 Å². The lowest BCUT2D eigenvalue weighted by Crippen LogP contribution is -2.40. The molecule has 1 fully saturated rings. The van der Waals surface area contributed by atoms with Gasteiger partial charge in [0.05, 0.1) is 5.25 Å². The summed E-state index contributed by atoms with van der Waals surface area (Å²) in [7, 11) is -2.93. The second-order valence-electron chi connectivity index (χ2n) is 5.37. The molecule has 1 amide bonds. The van der Waals surface area contributed by atoms with E-state index in [9.17, 15) is 13.2 Å². The van der Waals surface area contributed by atoms with Crippen LogP contribution in [-0.2, 0) is 14.6 Å². The third-order valence-corrected chi connectivity index (χ3v) is 5.23. The van der Waals surface area contributed by atoms with Crippen molar-refractivity contribution >= 4 is 15.7 Å². The van der Waals surface area contributed by atoms with Crippen molar-refractivity contribution in [2.75, 3.05) is 19.3 Å². The van der Waals surface area contributed by atoms with Crippen molar-refractivity contribution in [2.45, 2.75) is 56.7 Å². The van der Waals surface area contributed by atoms with Gasteiger partial charge in [-0.15, -0.1) is 0 Å². The Morgan fingerprint density at radius 2 is 2.00 bits per heavy atom. The number of rotatable bonds is 7. The summed E-state index contributed by atoms with van der Waals surface area (Å²) < 4.78 is 23.1. The van der Waals surface area contributed by atoms with E-state index in [4.69, 9.17) is 0 Å². The number of sulfone groups is 1. The molecule has 1 rings (SSSR count). The Bertz CT molecular complexity index is 381. The van der Waals surface area contributed by atoms with Crippen molar-refractivity contribution in [3.8, 4) is 0 Å². The third-order valence-electron chi connectivity index (χ3n) is 3.59. The fourth-order valence-corrected chi connectivity index (χ4v) is 3.64. The minimum Gasteiger partial charge on any atom is -0.356 e. The van der Waals surface area contributed by atoms with Gasteiger partial charge < -0.3 is 10.6 Å². The van der Waals surface area contributed by atoms with Crippen LogP contribution in [0.4, 0.5) is 0 Å². The van der Waals surface area contributed by atoms with Crippen LogP contribution < -0.4 is 10.6 Å². The van der Waals surface area contributed by atoms with E-state index in [-0.39, 0.29) is 17.2 Å². The standard InChI is InChI=1S/C13H26N2O3S/c1-3-8-15-13(16)7-9-14-11-5-4-6-12(10-11)19(2,17)18/h11-12,14H,3-10H2,1-2H3,(H,15,16). The second kappa shape index (κ2) is 7.85. The van der Waals surface area contributed by atoms with Gasteiger partial charge in [0.2, 0.25) is 5.91 Å². The first-order valence-corrected chi connectivity index (χ1v) is 9.08. The third kappa shape index (κ3) is 6.38. The molecule has 0 heterocycles. The highest BCUT2D eigenvalue weighted by Gasteiger charge is 2.28. The minimum atomic E-state index is -2.93. The van der Waals surface area contributed by atoms with Gasteiger partial charge >= 0.3 is 0 Å². The van der Waals surface area contributed by atoms with Crippen LogP contribution in [-0.4, -0.2) is 45.0 Å². The zero-order valence-electron chi connectivity index (χ0n) is 11.9. The average molecular weight is 290 g/mol. The Morgan fingerprint density at radius 1 is 1.26 bits per heavy atom. The van der Waals surface area contributed by atoms with Crippen molar-refractivity contribution < 1.29 is 13.2 Å². The molecule has 0 aromatic heterocycles. The second-order valence-corrected chi connectivity index (χ2v) is 7.69. The Hall–Kier alpha value is -0.620. The molecule has 1 aliphatic rings. The van der Waals surface area contributed by atoms with Gasteiger partial charge in [0, 0.05) is 31.8 Å². The highest BCUT2D eigenvalue weighted by Crippen LogP contribution is 2.23. The van der Waals surface area contributed by atoms with E-state index < -0.39 is 9.84 Å². The number of nitrogens with one attached hydrogen (secondary N) is 2. The SMILES string of the molecule is CCCNC(=O)CCNC1CCCC(S(C)(=O)=O)C1. The Labute approximate surface area is 116 Å². The largest absolute Gasteiger partial charge is 0.356 e. The van der Waals surface area contributed by atoms with Gasteiger partial charge in [0.1, 0.15) is 9.84 Å². The Kier molecular flexibility index (Phi) is 6.79. The minimum absolute atomic E-state index is 0.0600. The summed E-state index contributed by atoms with van der Waals surface area (Å²) in [6.45, 7) is 3.36. The van der Waals surface area contributed by atoms with Gasteiger partial charge in [-0.1, -0.05) is 13.3 Å². The van der Waals surface area contributed by atoms with Crippen LogP contribution in [0, 0.1) is 0 Å². The quantitative estimate of drug-likeness (QED) is 0.729. The summed E-state index contributed by atoms with van der Waals surface area (Å²) in [5.41, 5.74) is 0. The van der Waals surface area contributed by atoms with Crippen LogP contribution in [0.5, 0.6) is 0 Å². The molecule has 0 aromatic carbocycles. The fraction of sp³-hybridized carbons (Fsp3) is 0.923. The lowest BCUT2D eigenvalue weighted by atomic mass is 9.95. The number of hydrogen-bond acceptors (Lipinski definition) is 4. The van der Waals surface area contributed by atoms with E-state index in [0.717, 1.165) is 32.2 Å². The van der Waals surface area contributed by atoms with Crippen molar-refractivity contribution in [1.82, 2.24) is 10.6 Å². The molecular weight excluding hydrogens is 264 g/mol. The zero-order valence-corrected chi connectivity index (χ0v) is 12.8. The molecule has 1 saturated carbocycles. The van der Waals surface area contributed by atoms with Gasteiger partial charge in [0.25, 0.3) is 0 Å². The van der Waals surface area contributed by atoms with E-state index in [0.29, 0.717) is 19.4 Å². The van der Waals surface area contributed by atoms with Gasteiger partial charge in [0.15, 0.2) is 0 Å². The first-order valence-electron chi connectivity index (χ1n) is 7.12. The average Bonchev–Trinajstić information content (AvgIpc) is 2.36. The van der Waals surface area contributed by atoms with Gasteiger partial charge in [-0.25, -0.2) is 8.42 Å². The Balaban J connectivity index is 2.24. The molecule has 0 spiro atoms. The zero-order chi connectivity index (χ0) is 14.3. The van der Waals surface area contributed by atoms with E-state index in [1.807, 2.05) is 6.92 Å². The highest BCUT2D eigenvalue weighted by atomic mass is 32.2. The summed E-state index contributed by atoms with van der Waals surface area (Å²) in [6.07, 6.45) is 6.11. The molecule has 19 heavy (non-hydrogen) atoms. The maximum absolute atomic E-state index is 11.5. The number of amides is 1. The fourth-order valence-electron chi connectivity index (χ4n) is 2.46. The first-order chi connectivity index (χ1) is 8.93. The molecule has 0 bridgehead atoms. The van der Waals surface area contributed by atoms with Crippen LogP contribution in [0.15, 0.2) is 0 Å². The monoisotopic (exact) mass is 290 g/mol. The van der Waals surface area contributed by atoms with E-state index in [1.54, 1.807) is 0 Å². The normalized spacial score (nSPS) is 24.1. The lowest BCUT2D eigenvalue weighted by Gasteiger charge is -2.28. The first kappa shape index (κ1) is 16.4. The van der Waals surface area contributed by atoms with Crippen LogP contribution in [0.1, 0.15) is 45.4 Å². The van der Waals surface area contributed by atoms with Crippen LogP contribution in [0.3, 0.4) is 0 Å². The lowest BCUT2D eigenvalue weighted by molar-refractivity contribution is -0.121. The molecule has 1 aliphatic carbocycles. The maximum atomic E-state index is 11.5. The van der Waals surface area contributed by atoms with E-state index >= 15 is 0 Å². The van der Waals surface area contributed by atoms with Crippen LogP contribution >= 0.6 is 0 Å². The van der Waals surface area contributed by atoms with Crippen molar-refractivity contribution in [3.63, 3.8) is 0 Å². The molecule has 2 atom stereocenters. The molecule has 2 unspecified atom stereocenters. The number of carbonyl (C=O) groups is 1. The summed E-state index contributed by atoms with van der Waals surface area (Å²) in [5, 5.41) is 5.92. The van der Waals surface area contributed by atoms with Gasteiger partial charge in [-0.3, -0.25) is 4.79 Å².